The molecular formula is C20H20FN3S. The predicted octanol–water partition coefficient (Wildman–Crippen LogP) is 4.33. The first-order valence-corrected chi connectivity index (χ1v) is 9.21. The van der Waals surface area contributed by atoms with Crippen LogP contribution in [0.2, 0.25) is 0 Å². The van der Waals surface area contributed by atoms with Crippen molar-refractivity contribution < 1.29 is 4.39 Å². The van der Waals surface area contributed by atoms with Gasteiger partial charge in [-0.3, -0.25) is 4.98 Å². The van der Waals surface area contributed by atoms with E-state index in [1.165, 1.54) is 16.5 Å². The van der Waals surface area contributed by atoms with Gasteiger partial charge in [0.05, 0.1) is 10.2 Å². The van der Waals surface area contributed by atoms with Crippen LogP contribution in [0.15, 0.2) is 42.6 Å². The lowest BCUT2D eigenvalue weighted by atomic mass is 10.0. The number of nitrogens with two attached hydrogens (primary N) is 1. The standard InChI is InChI=1S/C20H20FN3S/c1-24-8-5-13(6-9-24)19-12-18-20(25-19)15(4-7-23-18)10-14-2-3-16(22)11-17(14)21/h2-5,7,11-12H,6,8-10,22H2,1H3. The van der Waals surface area contributed by atoms with Crippen molar-refractivity contribution in [1.29, 1.82) is 0 Å². The summed E-state index contributed by atoms with van der Waals surface area (Å²) in [6, 6.07) is 9.06. The van der Waals surface area contributed by atoms with Crippen molar-refractivity contribution in [3.8, 4) is 0 Å². The molecule has 0 aliphatic carbocycles. The second kappa shape index (κ2) is 6.58. The number of nitrogens with zero attached hydrogens (tertiary/aromatic N) is 2. The third kappa shape index (κ3) is 3.30. The van der Waals surface area contributed by atoms with E-state index in [0.29, 0.717) is 17.7 Å². The second-order valence-electron chi connectivity index (χ2n) is 6.56. The molecule has 0 unspecified atom stereocenters. The van der Waals surface area contributed by atoms with Crippen LogP contribution in [0.25, 0.3) is 15.8 Å². The minimum Gasteiger partial charge on any atom is -0.399 e. The first-order chi connectivity index (χ1) is 12.1. The Morgan fingerprint density at radius 1 is 1.24 bits per heavy atom. The van der Waals surface area contributed by atoms with Gasteiger partial charge in [0.15, 0.2) is 0 Å². The van der Waals surface area contributed by atoms with Crippen LogP contribution in [0.3, 0.4) is 0 Å². The fourth-order valence-corrected chi connectivity index (χ4v) is 4.39. The summed E-state index contributed by atoms with van der Waals surface area (Å²) in [6.45, 7) is 2.07. The summed E-state index contributed by atoms with van der Waals surface area (Å²) in [5.41, 5.74) is 10.3. The van der Waals surface area contributed by atoms with Crippen LogP contribution in [-0.4, -0.2) is 30.0 Å². The van der Waals surface area contributed by atoms with Gasteiger partial charge in [-0.15, -0.1) is 11.3 Å². The molecule has 3 nitrogen and oxygen atoms in total. The highest BCUT2D eigenvalue weighted by Gasteiger charge is 2.15. The topological polar surface area (TPSA) is 42.2 Å². The highest BCUT2D eigenvalue weighted by Crippen LogP contribution is 2.35. The lowest BCUT2D eigenvalue weighted by Crippen LogP contribution is -2.23. The van der Waals surface area contributed by atoms with Crippen LogP contribution in [-0.2, 0) is 6.42 Å². The highest BCUT2D eigenvalue weighted by atomic mass is 32.1. The molecule has 0 atom stereocenters. The Morgan fingerprint density at radius 2 is 2.12 bits per heavy atom. The average Bonchev–Trinajstić information content (AvgIpc) is 3.03. The molecule has 2 aromatic heterocycles. The van der Waals surface area contributed by atoms with E-state index in [-0.39, 0.29) is 5.82 Å². The van der Waals surface area contributed by atoms with E-state index in [2.05, 4.69) is 29.1 Å². The number of nitrogen functional groups attached to an aromatic ring is 1. The van der Waals surface area contributed by atoms with Crippen molar-refractivity contribution in [2.45, 2.75) is 12.8 Å². The molecule has 4 rings (SSSR count). The zero-order valence-corrected chi connectivity index (χ0v) is 14.9. The van der Waals surface area contributed by atoms with Crippen LogP contribution >= 0.6 is 11.3 Å². The number of hydrogen-bond acceptors (Lipinski definition) is 4. The van der Waals surface area contributed by atoms with Crippen LogP contribution in [0.1, 0.15) is 22.4 Å². The minimum atomic E-state index is -0.250. The van der Waals surface area contributed by atoms with E-state index in [0.717, 1.165) is 35.3 Å². The number of likely N-dealkylation sites (N-methyl/N-ethyl adjacent to an activating group) is 1. The molecule has 0 spiro atoms. The number of fused-ring (bicyclic) bond motifs is 1. The van der Waals surface area contributed by atoms with Crippen molar-refractivity contribution in [1.82, 2.24) is 9.88 Å². The number of rotatable bonds is 3. The minimum absolute atomic E-state index is 0.250. The molecule has 0 saturated heterocycles. The molecule has 0 amide bonds. The molecule has 3 aromatic rings. The van der Waals surface area contributed by atoms with Gasteiger partial charge in [0, 0.05) is 36.3 Å². The maximum atomic E-state index is 14.2. The zero-order valence-electron chi connectivity index (χ0n) is 14.1. The van der Waals surface area contributed by atoms with Gasteiger partial charge >= 0.3 is 0 Å². The van der Waals surface area contributed by atoms with E-state index in [1.807, 2.05) is 12.3 Å². The van der Waals surface area contributed by atoms with Crippen LogP contribution in [0.5, 0.6) is 0 Å². The molecule has 1 aliphatic rings. The van der Waals surface area contributed by atoms with Crippen molar-refractivity contribution in [2.75, 3.05) is 25.9 Å². The van der Waals surface area contributed by atoms with Gasteiger partial charge in [0.2, 0.25) is 0 Å². The number of halogens is 1. The van der Waals surface area contributed by atoms with E-state index < -0.39 is 0 Å². The zero-order chi connectivity index (χ0) is 17.4. The van der Waals surface area contributed by atoms with Crippen molar-refractivity contribution in [2.24, 2.45) is 0 Å². The summed E-state index contributed by atoms with van der Waals surface area (Å²) in [5, 5.41) is 0. The molecule has 1 aromatic carbocycles. The van der Waals surface area contributed by atoms with Crippen LogP contribution < -0.4 is 5.73 Å². The van der Waals surface area contributed by atoms with Crippen LogP contribution in [0.4, 0.5) is 10.1 Å². The lowest BCUT2D eigenvalue weighted by molar-refractivity contribution is 0.370. The molecule has 2 N–H and O–H groups in total. The largest absolute Gasteiger partial charge is 0.399 e. The first kappa shape index (κ1) is 16.2. The Kier molecular flexibility index (Phi) is 4.27. The summed E-state index contributed by atoms with van der Waals surface area (Å²) in [4.78, 5) is 8.10. The highest BCUT2D eigenvalue weighted by molar-refractivity contribution is 7.20. The Labute approximate surface area is 150 Å². The molecule has 3 heterocycles. The summed E-state index contributed by atoms with van der Waals surface area (Å²) in [5.74, 6) is -0.250. The van der Waals surface area contributed by atoms with Gasteiger partial charge < -0.3 is 10.6 Å². The normalized spacial score (nSPS) is 15.5. The molecule has 1 aliphatic heterocycles. The Balaban J connectivity index is 1.70. The quantitative estimate of drug-likeness (QED) is 0.713. The first-order valence-electron chi connectivity index (χ1n) is 8.39. The third-order valence-electron chi connectivity index (χ3n) is 4.68. The molecule has 5 heteroatoms. The second-order valence-corrected chi connectivity index (χ2v) is 7.62. The SMILES string of the molecule is CN1CC=C(c2cc3nccc(Cc4ccc(N)cc4F)c3s2)CC1. The van der Waals surface area contributed by atoms with Crippen molar-refractivity contribution in [3.63, 3.8) is 0 Å². The van der Waals surface area contributed by atoms with E-state index >= 15 is 0 Å². The lowest BCUT2D eigenvalue weighted by Gasteiger charge is -2.21. The maximum absolute atomic E-state index is 14.2. The fourth-order valence-electron chi connectivity index (χ4n) is 3.19. The van der Waals surface area contributed by atoms with E-state index in [4.69, 9.17) is 5.73 Å². The number of pyridine rings is 1. The smallest absolute Gasteiger partial charge is 0.128 e. The molecule has 0 fully saturated rings. The Bertz CT molecular complexity index is 961. The number of hydrogen-bond donors (Lipinski definition) is 1. The molecular weight excluding hydrogens is 333 g/mol. The van der Waals surface area contributed by atoms with E-state index in [1.54, 1.807) is 23.5 Å². The Morgan fingerprint density at radius 3 is 2.88 bits per heavy atom. The molecule has 0 saturated carbocycles. The van der Waals surface area contributed by atoms with Gasteiger partial charge in [-0.05, 0) is 54.4 Å². The number of benzene rings is 1. The van der Waals surface area contributed by atoms with Gasteiger partial charge in [-0.1, -0.05) is 12.1 Å². The number of anilines is 1. The maximum Gasteiger partial charge on any atom is 0.128 e. The van der Waals surface area contributed by atoms with Gasteiger partial charge in [-0.25, -0.2) is 4.39 Å². The molecule has 128 valence electrons. The number of thiophene rings is 1. The summed E-state index contributed by atoms with van der Waals surface area (Å²) < 4.78 is 15.3. The average molecular weight is 353 g/mol. The van der Waals surface area contributed by atoms with Gasteiger partial charge in [-0.2, -0.15) is 0 Å². The monoisotopic (exact) mass is 353 g/mol. The number of aromatic nitrogens is 1. The summed E-state index contributed by atoms with van der Waals surface area (Å²) in [7, 11) is 2.14. The third-order valence-corrected chi connectivity index (χ3v) is 5.96. The Hall–Kier alpha value is -2.24. The van der Waals surface area contributed by atoms with E-state index in [9.17, 15) is 4.39 Å². The summed E-state index contributed by atoms with van der Waals surface area (Å²) in [6.07, 6.45) is 5.72. The molecule has 0 bridgehead atoms. The van der Waals surface area contributed by atoms with Crippen molar-refractivity contribution >= 4 is 32.8 Å². The predicted molar refractivity (Wildman–Crippen MR) is 103 cm³/mol. The summed E-state index contributed by atoms with van der Waals surface area (Å²) >= 11 is 1.76. The van der Waals surface area contributed by atoms with Crippen LogP contribution in [0, 0.1) is 5.82 Å². The van der Waals surface area contributed by atoms with Gasteiger partial charge in [0.1, 0.15) is 5.82 Å². The van der Waals surface area contributed by atoms with Crippen molar-refractivity contribution in [3.05, 3.63) is 64.4 Å². The molecule has 0 radical (unpaired) electrons. The fraction of sp³-hybridized carbons (Fsp3) is 0.250. The van der Waals surface area contributed by atoms with Gasteiger partial charge in [0.25, 0.3) is 0 Å². The molecule has 25 heavy (non-hydrogen) atoms.